The van der Waals surface area contributed by atoms with Crippen LogP contribution in [0.15, 0.2) is 0 Å². The molecule has 2 aliphatic carbocycles. The van der Waals surface area contributed by atoms with Crippen LogP contribution in [0.4, 0.5) is 0 Å². The van der Waals surface area contributed by atoms with Gasteiger partial charge in [0.05, 0.1) is 13.5 Å². The molecule has 0 aromatic carbocycles. The van der Waals surface area contributed by atoms with E-state index in [1.54, 1.807) is 0 Å². The summed E-state index contributed by atoms with van der Waals surface area (Å²) in [5.41, 5.74) is 0. The van der Waals surface area contributed by atoms with Gasteiger partial charge in [-0.2, -0.15) is 0 Å². The minimum absolute atomic E-state index is 0.793. The second-order valence-corrected chi connectivity index (χ2v) is 32.9. The topological polar surface area (TPSA) is 0 Å². The van der Waals surface area contributed by atoms with Crippen molar-refractivity contribution in [1.29, 1.82) is 0 Å². The highest BCUT2D eigenvalue weighted by molar-refractivity contribution is 9.36. The highest BCUT2D eigenvalue weighted by Crippen LogP contribution is 2.90. The van der Waals surface area contributed by atoms with E-state index in [4.69, 9.17) is 0 Å². The van der Waals surface area contributed by atoms with Gasteiger partial charge < -0.3 is 0 Å². The maximum absolute atomic E-state index is 4.09. The first-order valence-corrected chi connectivity index (χ1v) is 19.4. The third-order valence-electron chi connectivity index (χ3n) is 4.32. The van der Waals surface area contributed by atoms with Crippen molar-refractivity contribution in [3.63, 3.8) is 0 Å². The Morgan fingerprint density at radius 3 is 1.04 bits per heavy atom. The van der Waals surface area contributed by atoms with Crippen LogP contribution in [0.25, 0.3) is 0 Å². The van der Waals surface area contributed by atoms with Crippen LogP contribution < -0.4 is 0 Å². The lowest BCUT2D eigenvalue weighted by Crippen LogP contribution is -2.90. The first kappa shape index (κ1) is 31.4. The molecule has 0 amide bonds. The minimum atomic E-state index is -0.901. The van der Waals surface area contributed by atoms with Gasteiger partial charge in [0.15, 0.2) is 0 Å². The highest BCUT2D eigenvalue weighted by Gasteiger charge is 2.95. The quantitative estimate of drug-likeness (QED) is 0.212. The summed E-state index contributed by atoms with van der Waals surface area (Å²) >= 11 is 66.5. The monoisotopic (exact) mass is 1460 g/mol. The third kappa shape index (κ3) is 3.45. The molecule has 0 spiro atoms. The van der Waals surface area contributed by atoms with Gasteiger partial charge in [-0.1, -0.05) is 271 Å². The number of rotatable bonds is 0. The second-order valence-electron chi connectivity index (χ2n) is 5.65. The molecule has 2 rings (SSSR count). The van der Waals surface area contributed by atoms with Gasteiger partial charge in [-0.05, 0) is 0 Å². The van der Waals surface area contributed by atoms with Crippen molar-refractivity contribution in [3.8, 4) is 0 Å². The Morgan fingerprint density at radius 2 is 0.667 bits per heavy atom. The smallest absolute Gasteiger partial charge is 0.0794 e. The molecule has 17 heteroatoms. The summed E-state index contributed by atoms with van der Waals surface area (Å²) in [5.74, 6) is 0. The van der Waals surface area contributed by atoms with Crippen molar-refractivity contribution >= 4 is 271 Å². The third-order valence-corrected chi connectivity index (χ3v) is 41.1. The highest BCUT2D eigenvalue weighted by atomic mass is 79.9. The van der Waals surface area contributed by atoms with Gasteiger partial charge in [0.1, 0.15) is 22.6 Å². The lowest BCUT2D eigenvalue weighted by atomic mass is 9.69. The van der Waals surface area contributed by atoms with E-state index >= 15 is 0 Å². The predicted molar refractivity (Wildman–Crippen MR) is 180 cm³/mol. The number of halogens is 17. The molecule has 0 nitrogen and oxygen atoms in total. The summed E-state index contributed by atoms with van der Waals surface area (Å²) in [6, 6.07) is 0. The van der Waals surface area contributed by atoms with Gasteiger partial charge >= 0.3 is 0 Å². The Morgan fingerprint density at radius 1 is 0.370 bits per heavy atom. The van der Waals surface area contributed by atoms with E-state index in [1.165, 1.54) is 0 Å². The van der Waals surface area contributed by atoms with E-state index in [1.807, 2.05) is 0 Å². The fourth-order valence-corrected chi connectivity index (χ4v) is 24.9. The van der Waals surface area contributed by atoms with Gasteiger partial charge in [-0.25, -0.2) is 0 Å². The molecule has 2 unspecified atom stereocenters. The van der Waals surface area contributed by atoms with Gasteiger partial charge in [-0.3, -0.25) is 0 Å². The number of alkyl halides is 16. The van der Waals surface area contributed by atoms with Crippen molar-refractivity contribution in [3.05, 3.63) is 4.83 Å². The molecule has 1 radical (unpaired) electrons. The van der Waals surface area contributed by atoms with Gasteiger partial charge in [0.25, 0.3) is 0 Å². The standard InChI is InChI=1S/C10Br17/c11-1-2(12)4(15,7(20,21)6(18,19)3(1,13)14)8(22,23)10(26,27)9(24,25)5(2,16)17. The molecule has 0 N–H and O–H groups in total. The van der Waals surface area contributed by atoms with Crippen LogP contribution in [0.3, 0.4) is 0 Å². The molecule has 2 aliphatic rings. The zero-order valence-electron chi connectivity index (χ0n) is 11.4. The number of fused-ring (bicyclic) bond motifs is 1. The summed E-state index contributed by atoms with van der Waals surface area (Å²) in [6.07, 6.45) is 0. The maximum Gasteiger partial charge on any atom is 0.134 e. The van der Waals surface area contributed by atoms with Crippen molar-refractivity contribution in [2.24, 2.45) is 0 Å². The summed E-state index contributed by atoms with van der Waals surface area (Å²) in [4.78, 5) is 0.818. The number of hydrogen-bond donors (Lipinski definition) is 0. The van der Waals surface area contributed by atoms with Crippen LogP contribution in [0, 0.1) is 4.83 Å². The zero-order chi connectivity index (χ0) is 22.1. The Kier molecular flexibility index (Phi) is 10.3. The zero-order valence-corrected chi connectivity index (χ0v) is 38.4. The molecule has 0 heterocycles. The summed E-state index contributed by atoms with van der Waals surface area (Å²) in [6.45, 7) is 0. The lowest BCUT2D eigenvalue weighted by Gasteiger charge is -2.76. The molecule has 2 saturated carbocycles. The molecular weight excluding hydrogens is 1480 g/mol. The first-order valence-electron chi connectivity index (χ1n) is 5.96. The molecule has 0 saturated heterocycles. The average molecular weight is 1480 g/mol. The predicted octanol–water partition coefficient (Wildman–Crippen LogP) is 12.6. The lowest BCUT2D eigenvalue weighted by molar-refractivity contribution is 0.289. The van der Waals surface area contributed by atoms with Crippen molar-refractivity contribution in [2.45, 2.75) is 31.3 Å². The van der Waals surface area contributed by atoms with Crippen LogP contribution in [0.5, 0.6) is 0 Å². The Hall–Kier alpha value is 8.16. The molecule has 27 heavy (non-hydrogen) atoms. The van der Waals surface area contributed by atoms with E-state index in [0.29, 0.717) is 0 Å². The molecule has 2 atom stereocenters. The first-order chi connectivity index (χ1) is 11.4. The molecule has 0 aromatic rings. The largest absolute Gasteiger partial charge is 0.134 e. The van der Waals surface area contributed by atoms with Crippen LogP contribution in [-0.4, -0.2) is 31.3 Å². The molecule has 0 aromatic heterocycles. The average Bonchev–Trinajstić information content (AvgIpc) is 2.48. The normalized spacial score (nSPS) is 43.0. The Balaban J connectivity index is 3.14. The molecule has 2 fully saturated rings. The maximum atomic E-state index is 4.09. The SMILES string of the molecule is Br[C]1C(Br)(Br)C(Br)(Br)C(Br)(Br)C2(Br)C(Br)(Br)C(Br)(Br)C(Br)(Br)C(Br)(Br)C12Br. The summed E-state index contributed by atoms with van der Waals surface area (Å²) in [5, 5.41) is 0. The van der Waals surface area contributed by atoms with Gasteiger partial charge in [0, 0.05) is 0 Å². The van der Waals surface area contributed by atoms with E-state index in [-0.39, 0.29) is 0 Å². The second kappa shape index (κ2) is 8.85. The summed E-state index contributed by atoms with van der Waals surface area (Å²) in [7, 11) is 0. The minimum Gasteiger partial charge on any atom is -0.0794 e. The van der Waals surface area contributed by atoms with Gasteiger partial charge in [-0.15, -0.1) is 0 Å². The van der Waals surface area contributed by atoms with Crippen molar-refractivity contribution in [2.75, 3.05) is 0 Å². The molecule has 0 aliphatic heterocycles. The van der Waals surface area contributed by atoms with E-state index < -0.39 is 31.3 Å². The van der Waals surface area contributed by atoms with Crippen LogP contribution >= 0.6 is 271 Å². The number of hydrogen-bond acceptors (Lipinski definition) is 0. The summed E-state index contributed by atoms with van der Waals surface area (Å²) < 4.78 is -7.66. The fraction of sp³-hybridized carbons (Fsp3) is 0.900. The van der Waals surface area contributed by atoms with Crippen molar-refractivity contribution < 1.29 is 0 Å². The fourth-order valence-electron chi connectivity index (χ4n) is 2.73. The molecular formula is C10Br17. The Bertz CT molecular complexity index is 653. The van der Waals surface area contributed by atoms with Crippen LogP contribution in [0.1, 0.15) is 0 Å². The van der Waals surface area contributed by atoms with Crippen LogP contribution in [-0.2, 0) is 0 Å². The van der Waals surface area contributed by atoms with E-state index in [2.05, 4.69) is 271 Å². The Labute approximate surface area is 300 Å². The van der Waals surface area contributed by atoms with Crippen LogP contribution in [0.2, 0.25) is 0 Å². The molecule has 0 bridgehead atoms. The molecule has 159 valence electrons. The van der Waals surface area contributed by atoms with Gasteiger partial charge in [0.2, 0.25) is 0 Å². The van der Waals surface area contributed by atoms with Crippen molar-refractivity contribution in [1.82, 2.24) is 0 Å². The van der Waals surface area contributed by atoms with E-state index in [9.17, 15) is 0 Å². The van der Waals surface area contributed by atoms with E-state index in [0.717, 1.165) is 4.83 Å².